The highest BCUT2D eigenvalue weighted by atomic mass is 16.4. The third kappa shape index (κ3) is 3.32. The molecule has 2 rings (SSSR count). The molecule has 0 radical (unpaired) electrons. The second-order valence-electron chi connectivity index (χ2n) is 6.24. The molecule has 5 heteroatoms. The van der Waals surface area contributed by atoms with E-state index in [0.717, 1.165) is 25.7 Å². The fraction of sp³-hybridized carbons (Fsp3) is 0.867. The maximum absolute atomic E-state index is 12.5. The Balaban J connectivity index is 1.95. The van der Waals surface area contributed by atoms with Gasteiger partial charge in [0.1, 0.15) is 0 Å². The van der Waals surface area contributed by atoms with Crippen LogP contribution in [0.5, 0.6) is 0 Å². The molecule has 5 nitrogen and oxygen atoms in total. The molecule has 1 heterocycles. The predicted molar refractivity (Wildman–Crippen MR) is 74.1 cm³/mol. The summed E-state index contributed by atoms with van der Waals surface area (Å²) in [6.07, 6.45) is 4.48. The standard InChI is InChI=1S/C15H25NO4/c1-10(17)11-6-8-16(9-7-11)14(18)12-4-2-3-5-13(12)15(19)20/h10-13,17H,2-9H2,1H3,(H,19,20). The van der Waals surface area contributed by atoms with E-state index in [1.807, 2.05) is 4.90 Å². The lowest BCUT2D eigenvalue weighted by Gasteiger charge is -2.37. The number of likely N-dealkylation sites (tertiary alicyclic amines) is 1. The maximum atomic E-state index is 12.5. The van der Waals surface area contributed by atoms with Crippen LogP contribution in [0.4, 0.5) is 0 Å². The van der Waals surface area contributed by atoms with Gasteiger partial charge in [-0.25, -0.2) is 0 Å². The fourth-order valence-corrected chi connectivity index (χ4v) is 3.56. The van der Waals surface area contributed by atoms with E-state index in [-0.39, 0.29) is 23.8 Å². The van der Waals surface area contributed by atoms with Crippen molar-refractivity contribution >= 4 is 11.9 Å². The molecule has 1 aliphatic heterocycles. The average molecular weight is 283 g/mol. The lowest BCUT2D eigenvalue weighted by atomic mass is 9.78. The van der Waals surface area contributed by atoms with E-state index in [9.17, 15) is 19.8 Å². The van der Waals surface area contributed by atoms with Crippen molar-refractivity contribution in [1.29, 1.82) is 0 Å². The van der Waals surface area contributed by atoms with Gasteiger partial charge < -0.3 is 15.1 Å². The number of aliphatic hydroxyl groups excluding tert-OH is 1. The summed E-state index contributed by atoms with van der Waals surface area (Å²) < 4.78 is 0. The first kappa shape index (κ1) is 15.3. The molecular weight excluding hydrogens is 258 g/mol. The summed E-state index contributed by atoms with van der Waals surface area (Å²) in [7, 11) is 0. The number of nitrogens with zero attached hydrogens (tertiary/aromatic N) is 1. The molecule has 20 heavy (non-hydrogen) atoms. The van der Waals surface area contributed by atoms with Crippen LogP contribution in [0, 0.1) is 17.8 Å². The monoisotopic (exact) mass is 283 g/mol. The number of amides is 1. The Morgan fingerprint density at radius 3 is 2.10 bits per heavy atom. The zero-order valence-electron chi connectivity index (χ0n) is 12.1. The van der Waals surface area contributed by atoms with E-state index in [2.05, 4.69) is 0 Å². The maximum Gasteiger partial charge on any atom is 0.307 e. The van der Waals surface area contributed by atoms with Crippen molar-refractivity contribution < 1.29 is 19.8 Å². The summed E-state index contributed by atoms with van der Waals surface area (Å²) in [5, 5.41) is 18.9. The van der Waals surface area contributed by atoms with Gasteiger partial charge in [-0.15, -0.1) is 0 Å². The second kappa shape index (κ2) is 6.57. The highest BCUT2D eigenvalue weighted by Gasteiger charge is 2.38. The van der Waals surface area contributed by atoms with Crippen molar-refractivity contribution in [2.24, 2.45) is 17.8 Å². The molecule has 0 aromatic rings. The van der Waals surface area contributed by atoms with Gasteiger partial charge in [0.2, 0.25) is 5.91 Å². The van der Waals surface area contributed by atoms with Crippen molar-refractivity contribution in [2.75, 3.05) is 13.1 Å². The van der Waals surface area contributed by atoms with Gasteiger partial charge in [-0.1, -0.05) is 12.8 Å². The molecule has 2 N–H and O–H groups in total. The molecule has 1 amide bonds. The third-order valence-corrected chi connectivity index (χ3v) is 4.93. The molecule has 1 saturated heterocycles. The Morgan fingerprint density at radius 2 is 1.60 bits per heavy atom. The molecule has 0 aromatic carbocycles. The van der Waals surface area contributed by atoms with E-state index in [0.29, 0.717) is 25.9 Å². The van der Waals surface area contributed by atoms with Gasteiger partial charge in [-0.05, 0) is 38.5 Å². The minimum absolute atomic E-state index is 0.0149. The van der Waals surface area contributed by atoms with E-state index in [1.54, 1.807) is 6.92 Å². The Morgan fingerprint density at radius 1 is 1.05 bits per heavy atom. The third-order valence-electron chi connectivity index (χ3n) is 4.93. The average Bonchev–Trinajstić information content (AvgIpc) is 2.46. The van der Waals surface area contributed by atoms with Crippen LogP contribution < -0.4 is 0 Å². The van der Waals surface area contributed by atoms with Gasteiger partial charge in [0.25, 0.3) is 0 Å². The highest BCUT2D eigenvalue weighted by Crippen LogP contribution is 2.33. The smallest absolute Gasteiger partial charge is 0.307 e. The molecule has 2 fully saturated rings. The number of aliphatic hydroxyl groups is 1. The first-order valence-electron chi connectivity index (χ1n) is 7.70. The molecule has 3 unspecified atom stereocenters. The van der Waals surface area contributed by atoms with Crippen LogP contribution in [0.15, 0.2) is 0 Å². The molecule has 114 valence electrons. The number of rotatable bonds is 3. The largest absolute Gasteiger partial charge is 0.481 e. The van der Waals surface area contributed by atoms with Gasteiger partial charge in [0, 0.05) is 13.1 Å². The van der Waals surface area contributed by atoms with E-state index < -0.39 is 11.9 Å². The number of hydrogen-bond acceptors (Lipinski definition) is 3. The summed E-state index contributed by atoms with van der Waals surface area (Å²) in [6, 6.07) is 0. The summed E-state index contributed by atoms with van der Waals surface area (Å²) in [4.78, 5) is 25.6. The van der Waals surface area contributed by atoms with Crippen molar-refractivity contribution in [2.45, 2.75) is 51.6 Å². The molecule has 0 bridgehead atoms. The molecule has 0 aromatic heterocycles. The summed E-state index contributed by atoms with van der Waals surface area (Å²) in [6.45, 7) is 3.10. The minimum Gasteiger partial charge on any atom is -0.481 e. The van der Waals surface area contributed by atoms with Gasteiger partial charge >= 0.3 is 5.97 Å². The number of carboxylic acids is 1. The minimum atomic E-state index is -0.832. The van der Waals surface area contributed by atoms with Crippen LogP contribution in [0.3, 0.4) is 0 Å². The number of piperidine rings is 1. The Bertz CT molecular complexity index is 361. The number of carbonyl (C=O) groups is 2. The normalized spacial score (nSPS) is 30.0. The van der Waals surface area contributed by atoms with Crippen LogP contribution in [0.1, 0.15) is 45.4 Å². The lowest BCUT2D eigenvalue weighted by Crippen LogP contribution is -2.46. The van der Waals surface area contributed by atoms with Crippen LogP contribution in [-0.2, 0) is 9.59 Å². The number of carbonyl (C=O) groups excluding carboxylic acids is 1. The van der Waals surface area contributed by atoms with Crippen LogP contribution in [0.2, 0.25) is 0 Å². The van der Waals surface area contributed by atoms with E-state index >= 15 is 0 Å². The Hall–Kier alpha value is -1.10. The van der Waals surface area contributed by atoms with Gasteiger partial charge in [-0.2, -0.15) is 0 Å². The Kier molecular flexibility index (Phi) is 5.02. The van der Waals surface area contributed by atoms with Crippen molar-refractivity contribution in [1.82, 2.24) is 4.90 Å². The van der Waals surface area contributed by atoms with Gasteiger partial charge in [0.05, 0.1) is 17.9 Å². The number of aliphatic carboxylic acids is 1. The van der Waals surface area contributed by atoms with Crippen LogP contribution in [0.25, 0.3) is 0 Å². The zero-order valence-corrected chi connectivity index (χ0v) is 12.1. The first-order valence-corrected chi connectivity index (χ1v) is 7.70. The summed E-state index contributed by atoms with van der Waals surface area (Å²) in [5.74, 6) is -1.40. The second-order valence-corrected chi connectivity index (χ2v) is 6.24. The Labute approximate surface area is 120 Å². The number of carboxylic acid groups (broad SMARTS) is 1. The summed E-state index contributed by atoms with van der Waals surface area (Å²) in [5.41, 5.74) is 0. The summed E-state index contributed by atoms with van der Waals surface area (Å²) >= 11 is 0. The fourth-order valence-electron chi connectivity index (χ4n) is 3.56. The molecule has 1 saturated carbocycles. The van der Waals surface area contributed by atoms with E-state index in [4.69, 9.17) is 0 Å². The predicted octanol–water partition coefficient (Wildman–Crippen LogP) is 1.50. The van der Waals surface area contributed by atoms with Crippen molar-refractivity contribution in [3.8, 4) is 0 Å². The first-order chi connectivity index (χ1) is 9.50. The van der Waals surface area contributed by atoms with Gasteiger partial charge in [-0.3, -0.25) is 9.59 Å². The van der Waals surface area contributed by atoms with E-state index in [1.165, 1.54) is 0 Å². The molecule has 0 spiro atoms. The van der Waals surface area contributed by atoms with Gasteiger partial charge in [0.15, 0.2) is 0 Å². The van der Waals surface area contributed by atoms with Crippen molar-refractivity contribution in [3.05, 3.63) is 0 Å². The highest BCUT2D eigenvalue weighted by molar-refractivity contribution is 5.85. The topological polar surface area (TPSA) is 77.8 Å². The SMILES string of the molecule is CC(O)C1CCN(C(=O)C2CCCCC2C(=O)O)CC1. The molecule has 2 aliphatic rings. The van der Waals surface area contributed by atoms with Crippen molar-refractivity contribution in [3.63, 3.8) is 0 Å². The molecular formula is C15H25NO4. The van der Waals surface area contributed by atoms with Crippen LogP contribution >= 0.6 is 0 Å². The number of hydrogen-bond donors (Lipinski definition) is 2. The van der Waals surface area contributed by atoms with Crippen LogP contribution in [-0.4, -0.2) is 46.2 Å². The quantitative estimate of drug-likeness (QED) is 0.822. The zero-order chi connectivity index (χ0) is 14.7. The molecule has 3 atom stereocenters. The lowest BCUT2D eigenvalue weighted by molar-refractivity contribution is -0.153. The molecule has 1 aliphatic carbocycles.